The fourth-order valence-corrected chi connectivity index (χ4v) is 2.60. The summed E-state index contributed by atoms with van der Waals surface area (Å²) < 4.78 is 5.14. The minimum atomic E-state index is 0.363. The van der Waals surface area contributed by atoms with Gasteiger partial charge in [-0.05, 0) is 23.9 Å². The average Bonchev–Trinajstić information content (AvgIpc) is 2.99. The Balaban J connectivity index is 2.17. The first kappa shape index (κ1) is 11.0. The van der Waals surface area contributed by atoms with Crippen LogP contribution in [0.3, 0.4) is 0 Å². The van der Waals surface area contributed by atoms with Gasteiger partial charge in [0, 0.05) is 0 Å². The smallest absolute Gasteiger partial charge is 0.230 e. The third kappa shape index (κ3) is 1.80. The van der Waals surface area contributed by atoms with Crippen LogP contribution in [-0.2, 0) is 0 Å². The standard InChI is InChI=1S/C14H12N2OS/c1-9-4-6-10(7-5-9)12-13(16-17-14(12)15)11-3-2-8-18-11/h2-8H,15H2,1H3. The van der Waals surface area contributed by atoms with Crippen LogP contribution in [0.1, 0.15) is 5.56 Å². The topological polar surface area (TPSA) is 52.0 Å². The number of hydrogen-bond acceptors (Lipinski definition) is 4. The summed E-state index contributed by atoms with van der Waals surface area (Å²) in [5.41, 5.74) is 9.82. The Kier molecular flexibility index (Phi) is 2.64. The molecule has 2 N–H and O–H groups in total. The monoisotopic (exact) mass is 256 g/mol. The van der Waals surface area contributed by atoms with Crippen LogP contribution in [0.15, 0.2) is 46.3 Å². The van der Waals surface area contributed by atoms with Gasteiger partial charge in [0.15, 0.2) is 0 Å². The van der Waals surface area contributed by atoms with Gasteiger partial charge in [0.2, 0.25) is 5.88 Å². The minimum absolute atomic E-state index is 0.363. The molecule has 3 rings (SSSR count). The van der Waals surface area contributed by atoms with Crippen LogP contribution in [0, 0.1) is 6.92 Å². The molecule has 0 saturated heterocycles. The average molecular weight is 256 g/mol. The van der Waals surface area contributed by atoms with E-state index in [-0.39, 0.29) is 0 Å². The molecule has 2 aromatic heterocycles. The number of nitrogen functional groups attached to an aromatic ring is 1. The molecule has 18 heavy (non-hydrogen) atoms. The maximum Gasteiger partial charge on any atom is 0.230 e. The largest absolute Gasteiger partial charge is 0.367 e. The Labute approximate surface area is 109 Å². The summed E-state index contributed by atoms with van der Waals surface area (Å²) in [5.74, 6) is 0.363. The van der Waals surface area contributed by atoms with Gasteiger partial charge in [-0.1, -0.05) is 41.1 Å². The molecule has 0 amide bonds. The lowest BCUT2D eigenvalue weighted by atomic mass is 10.0. The lowest BCUT2D eigenvalue weighted by Gasteiger charge is -2.01. The molecular formula is C14H12N2OS. The maximum absolute atomic E-state index is 5.89. The molecule has 2 heterocycles. The predicted molar refractivity (Wildman–Crippen MR) is 74.4 cm³/mol. The van der Waals surface area contributed by atoms with Crippen LogP contribution in [0.5, 0.6) is 0 Å². The molecule has 0 aliphatic heterocycles. The fraction of sp³-hybridized carbons (Fsp3) is 0.0714. The third-order valence-corrected chi connectivity index (χ3v) is 3.69. The van der Waals surface area contributed by atoms with Crippen LogP contribution >= 0.6 is 11.3 Å². The number of anilines is 1. The highest BCUT2D eigenvalue weighted by Gasteiger charge is 2.17. The number of nitrogens with two attached hydrogens (primary N) is 1. The van der Waals surface area contributed by atoms with Crippen molar-refractivity contribution < 1.29 is 4.52 Å². The second-order valence-electron chi connectivity index (χ2n) is 4.11. The van der Waals surface area contributed by atoms with Gasteiger partial charge in [0.05, 0.1) is 10.4 Å². The number of hydrogen-bond donors (Lipinski definition) is 1. The quantitative estimate of drug-likeness (QED) is 0.755. The molecule has 90 valence electrons. The summed E-state index contributed by atoms with van der Waals surface area (Å²) >= 11 is 1.62. The van der Waals surface area contributed by atoms with Crippen molar-refractivity contribution in [2.75, 3.05) is 5.73 Å². The molecule has 0 aliphatic rings. The lowest BCUT2D eigenvalue weighted by Crippen LogP contribution is -1.86. The summed E-state index contributed by atoms with van der Waals surface area (Å²) in [5, 5.41) is 6.08. The van der Waals surface area contributed by atoms with E-state index in [1.54, 1.807) is 11.3 Å². The Hall–Kier alpha value is -2.07. The molecule has 0 bridgehead atoms. The molecule has 0 aliphatic carbocycles. The van der Waals surface area contributed by atoms with E-state index in [1.165, 1.54) is 5.56 Å². The second-order valence-corrected chi connectivity index (χ2v) is 5.06. The lowest BCUT2D eigenvalue weighted by molar-refractivity contribution is 0.439. The summed E-state index contributed by atoms with van der Waals surface area (Å²) in [6.07, 6.45) is 0. The second kappa shape index (κ2) is 4.31. The van der Waals surface area contributed by atoms with E-state index < -0.39 is 0 Å². The minimum Gasteiger partial charge on any atom is -0.367 e. The third-order valence-electron chi connectivity index (χ3n) is 2.81. The number of aryl methyl sites for hydroxylation is 1. The zero-order valence-electron chi connectivity index (χ0n) is 9.88. The van der Waals surface area contributed by atoms with Crippen molar-refractivity contribution in [1.29, 1.82) is 0 Å². The summed E-state index contributed by atoms with van der Waals surface area (Å²) in [6, 6.07) is 12.2. The van der Waals surface area contributed by atoms with Crippen molar-refractivity contribution in [2.45, 2.75) is 6.92 Å². The highest BCUT2D eigenvalue weighted by atomic mass is 32.1. The Morgan fingerprint density at radius 2 is 1.94 bits per heavy atom. The summed E-state index contributed by atoms with van der Waals surface area (Å²) in [7, 11) is 0. The van der Waals surface area contributed by atoms with Gasteiger partial charge in [0.1, 0.15) is 5.69 Å². The molecule has 0 fully saturated rings. The molecule has 0 radical (unpaired) electrons. The Morgan fingerprint density at radius 1 is 1.17 bits per heavy atom. The van der Waals surface area contributed by atoms with Crippen molar-refractivity contribution in [3.63, 3.8) is 0 Å². The van der Waals surface area contributed by atoms with E-state index >= 15 is 0 Å². The SMILES string of the molecule is Cc1ccc(-c2c(-c3cccs3)noc2N)cc1. The van der Waals surface area contributed by atoms with Crippen molar-refractivity contribution in [3.05, 3.63) is 47.3 Å². The maximum atomic E-state index is 5.89. The molecule has 0 unspecified atom stereocenters. The van der Waals surface area contributed by atoms with Crippen molar-refractivity contribution in [2.24, 2.45) is 0 Å². The van der Waals surface area contributed by atoms with Gasteiger partial charge in [-0.15, -0.1) is 11.3 Å². The van der Waals surface area contributed by atoms with E-state index in [1.807, 2.05) is 29.6 Å². The van der Waals surface area contributed by atoms with Crippen molar-refractivity contribution in [3.8, 4) is 21.7 Å². The van der Waals surface area contributed by atoms with E-state index in [2.05, 4.69) is 24.2 Å². The van der Waals surface area contributed by atoms with Gasteiger partial charge >= 0.3 is 0 Å². The molecule has 0 atom stereocenters. The first-order valence-corrected chi connectivity index (χ1v) is 6.50. The number of benzene rings is 1. The van der Waals surface area contributed by atoms with Gasteiger partial charge in [-0.3, -0.25) is 0 Å². The number of nitrogens with zero attached hydrogens (tertiary/aromatic N) is 1. The van der Waals surface area contributed by atoms with Crippen LogP contribution < -0.4 is 5.73 Å². The molecule has 3 aromatic rings. The highest BCUT2D eigenvalue weighted by molar-refractivity contribution is 7.13. The van der Waals surface area contributed by atoms with Gasteiger partial charge in [-0.25, -0.2) is 0 Å². The molecule has 0 spiro atoms. The zero-order chi connectivity index (χ0) is 12.5. The van der Waals surface area contributed by atoms with Crippen molar-refractivity contribution >= 4 is 17.2 Å². The van der Waals surface area contributed by atoms with E-state index in [0.29, 0.717) is 5.88 Å². The first-order chi connectivity index (χ1) is 8.75. The van der Waals surface area contributed by atoms with Crippen molar-refractivity contribution in [1.82, 2.24) is 5.16 Å². The van der Waals surface area contributed by atoms with Gasteiger partial charge in [0.25, 0.3) is 0 Å². The number of thiophene rings is 1. The highest BCUT2D eigenvalue weighted by Crippen LogP contribution is 2.37. The Bertz CT molecular complexity index is 654. The van der Waals surface area contributed by atoms with E-state index in [0.717, 1.165) is 21.7 Å². The first-order valence-electron chi connectivity index (χ1n) is 5.62. The van der Waals surface area contributed by atoms with Crippen LogP contribution in [0.25, 0.3) is 21.7 Å². The van der Waals surface area contributed by atoms with Crippen LogP contribution in [0.2, 0.25) is 0 Å². The Morgan fingerprint density at radius 3 is 2.61 bits per heavy atom. The molecule has 4 heteroatoms. The zero-order valence-corrected chi connectivity index (χ0v) is 10.7. The molecular weight excluding hydrogens is 244 g/mol. The normalized spacial score (nSPS) is 10.7. The molecule has 3 nitrogen and oxygen atoms in total. The predicted octanol–water partition coefficient (Wildman–Crippen LogP) is 3.96. The van der Waals surface area contributed by atoms with Crippen LogP contribution in [0.4, 0.5) is 5.88 Å². The van der Waals surface area contributed by atoms with Gasteiger partial charge < -0.3 is 10.3 Å². The number of rotatable bonds is 2. The molecule has 0 saturated carbocycles. The van der Waals surface area contributed by atoms with E-state index in [4.69, 9.17) is 10.3 Å². The summed E-state index contributed by atoms with van der Waals surface area (Å²) in [4.78, 5) is 1.06. The van der Waals surface area contributed by atoms with E-state index in [9.17, 15) is 0 Å². The van der Waals surface area contributed by atoms with Gasteiger partial charge in [-0.2, -0.15) is 0 Å². The summed E-state index contributed by atoms with van der Waals surface area (Å²) in [6.45, 7) is 2.06. The number of aromatic nitrogens is 1. The fourth-order valence-electron chi connectivity index (χ4n) is 1.88. The van der Waals surface area contributed by atoms with Crippen LogP contribution in [-0.4, -0.2) is 5.16 Å². The molecule has 1 aromatic carbocycles.